The lowest BCUT2D eigenvalue weighted by molar-refractivity contribution is -0.0928. The van der Waals surface area contributed by atoms with Crippen LogP contribution in [0.1, 0.15) is 42.8 Å². The molecule has 5 nitrogen and oxygen atoms in total. The van der Waals surface area contributed by atoms with Gasteiger partial charge in [0.05, 0.1) is 13.2 Å². The summed E-state index contributed by atoms with van der Waals surface area (Å²) in [5.41, 5.74) is -1.00. The predicted octanol–water partition coefficient (Wildman–Crippen LogP) is 2.83. The number of ketones is 1. The van der Waals surface area contributed by atoms with Gasteiger partial charge in [-0.25, -0.2) is 0 Å². The molecule has 3 aromatic rings. The van der Waals surface area contributed by atoms with Crippen molar-refractivity contribution in [1.29, 1.82) is 0 Å². The molecule has 0 amide bonds. The van der Waals surface area contributed by atoms with Crippen LogP contribution in [-0.4, -0.2) is 48.7 Å². The number of hydrogen-bond acceptors (Lipinski definition) is 5. The molecule has 0 fully saturated rings. The summed E-state index contributed by atoms with van der Waals surface area (Å²) in [4.78, 5) is 13.7. The molecule has 0 spiro atoms. The first-order chi connectivity index (χ1) is 16.2. The van der Waals surface area contributed by atoms with E-state index in [1.165, 1.54) is 0 Å². The Balaban J connectivity index is 1.85. The zero-order valence-electron chi connectivity index (χ0n) is 19.8. The molecule has 6 heteroatoms. The van der Waals surface area contributed by atoms with Gasteiger partial charge in [0.15, 0.2) is 5.78 Å². The van der Waals surface area contributed by atoms with E-state index < -0.39 is 38.3 Å². The molecule has 3 atom stereocenters. The van der Waals surface area contributed by atoms with Gasteiger partial charge >= 0.3 is 0 Å². The Bertz CT molecular complexity index is 1100. The number of carbonyl (C=O) groups is 1. The zero-order valence-corrected chi connectivity index (χ0v) is 20.8. The summed E-state index contributed by atoms with van der Waals surface area (Å²) >= 11 is 0. The van der Waals surface area contributed by atoms with E-state index in [4.69, 9.17) is 4.43 Å². The minimum Gasteiger partial charge on any atom is -0.406 e. The van der Waals surface area contributed by atoms with Crippen molar-refractivity contribution in [2.24, 2.45) is 5.41 Å². The van der Waals surface area contributed by atoms with Gasteiger partial charge in [-0.3, -0.25) is 4.79 Å². The Kier molecular flexibility index (Phi) is 6.64. The molecular formula is C28H32O5Si. The lowest BCUT2D eigenvalue weighted by Crippen LogP contribution is -2.68. The summed E-state index contributed by atoms with van der Waals surface area (Å²) in [5.74, 6) is -0.415. The molecule has 1 aliphatic rings. The smallest absolute Gasteiger partial charge is 0.261 e. The van der Waals surface area contributed by atoms with E-state index >= 15 is 0 Å². The average Bonchev–Trinajstić information content (AvgIpc) is 2.85. The van der Waals surface area contributed by atoms with E-state index in [1.807, 2.05) is 60.7 Å². The van der Waals surface area contributed by atoms with Crippen molar-refractivity contribution in [1.82, 2.24) is 0 Å². The highest BCUT2D eigenvalue weighted by atomic mass is 28.4. The number of aliphatic hydroxyl groups excluding tert-OH is 3. The number of fused-ring (bicyclic) bond motifs is 1. The van der Waals surface area contributed by atoms with Crippen molar-refractivity contribution in [3.05, 3.63) is 96.1 Å². The molecule has 1 aliphatic carbocycles. The number of rotatable bonds is 6. The van der Waals surface area contributed by atoms with Gasteiger partial charge < -0.3 is 19.7 Å². The minimum absolute atomic E-state index is 0.220. The van der Waals surface area contributed by atoms with Gasteiger partial charge in [-0.1, -0.05) is 106 Å². The highest BCUT2D eigenvalue weighted by molar-refractivity contribution is 6.99. The van der Waals surface area contributed by atoms with Crippen LogP contribution < -0.4 is 10.4 Å². The first kappa shape index (κ1) is 24.5. The van der Waals surface area contributed by atoms with Crippen LogP contribution in [0.5, 0.6) is 0 Å². The molecule has 0 saturated carbocycles. The van der Waals surface area contributed by atoms with Gasteiger partial charge in [-0.15, -0.1) is 0 Å². The van der Waals surface area contributed by atoms with Gasteiger partial charge in [-0.2, -0.15) is 0 Å². The normalized spacial score (nSPS) is 22.9. The Morgan fingerprint density at radius 1 is 0.853 bits per heavy atom. The van der Waals surface area contributed by atoms with E-state index in [0.29, 0.717) is 11.1 Å². The maximum atomic E-state index is 13.7. The van der Waals surface area contributed by atoms with Gasteiger partial charge in [-0.05, 0) is 21.0 Å². The van der Waals surface area contributed by atoms with Crippen LogP contribution in [0.4, 0.5) is 0 Å². The molecule has 0 unspecified atom stereocenters. The molecule has 0 aliphatic heterocycles. The highest BCUT2D eigenvalue weighted by Crippen LogP contribution is 2.44. The predicted molar refractivity (Wildman–Crippen MR) is 135 cm³/mol. The minimum atomic E-state index is -3.03. The van der Waals surface area contributed by atoms with Crippen LogP contribution >= 0.6 is 0 Å². The third-order valence-corrected chi connectivity index (χ3v) is 12.1. The van der Waals surface area contributed by atoms with E-state index in [2.05, 4.69) is 20.8 Å². The number of hydrogen-bond donors (Lipinski definition) is 3. The Morgan fingerprint density at radius 2 is 1.35 bits per heavy atom. The second-order valence-corrected chi connectivity index (χ2v) is 14.4. The van der Waals surface area contributed by atoms with Crippen molar-refractivity contribution in [2.75, 3.05) is 13.2 Å². The standard InChI is InChI=1S/C28H32O5Si/c1-27(2,3)34(20-12-6-4-7-13-20,21-14-8-5-9-15-21)33-19-28(18-29)25(31)23-17-11-10-16-22(23)24(30)26(28)32/h4-17,24,26,29-30,32H,18-19H2,1-3H3/t24-,26-,28-/m1/s1. The van der Waals surface area contributed by atoms with E-state index in [0.717, 1.165) is 10.4 Å². The Hall–Kier alpha value is -2.61. The summed E-state index contributed by atoms with van der Waals surface area (Å²) in [6, 6.07) is 26.6. The molecule has 3 N–H and O–H groups in total. The molecule has 0 saturated heterocycles. The summed E-state index contributed by atoms with van der Waals surface area (Å²) in [6.07, 6.45) is -2.80. The van der Waals surface area contributed by atoms with Crippen LogP contribution in [0.3, 0.4) is 0 Å². The average molecular weight is 477 g/mol. The molecule has 0 aromatic heterocycles. The van der Waals surface area contributed by atoms with Crippen molar-refractivity contribution >= 4 is 24.5 Å². The fourth-order valence-corrected chi connectivity index (χ4v) is 9.83. The molecule has 4 rings (SSSR count). The fraction of sp³-hybridized carbons (Fsp3) is 0.321. The van der Waals surface area contributed by atoms with Crippen molar-refractivity contribution in [2.45, 2.75) is 38.0 Å². The highest BCUT2D eigenvalue weighted by Gasteiger charge is 2.57. The van der Waals surface area contributed by atoms with Crippen LogP contribution in [0.2, 0.25) is 5.04 Å². The van der Waals surface area contributed by atoms with Gasteiger partial charge in [0.2, 0.25) is 0 Å². The van der Waals surface area contributed by atoms with Crippen molar-refractivity contribution in [3.8, 4) is 0 Å². The number of Topliss-reactive ketones (excluding diaryl/α,β-unsaturated/α-hetero) is 1. The number of carbonyl (C=O) groups excluding carboxylic acids is 1. The van der Waals surface area contributed by atoms with E-state index in [9.17, 15) is 20.1 Å². The zero-order chi connectivity index (χ0) is 24.6. The van der Waals surface area contributed by atoms with Gasteiger partial charge in [0, 0.05) is 5.56 Å². The number of benzene rings is 3. The van der Waals surface area contributed by atoms with Crippen LogP contribution in [0.15, 0.2) is 84.9 Å². The summed E-state index contributed by atoms with van der Waals surface area (Å²) in [5, 5.41) is 34.3. The lowest BCUT2D eigenvalue weighted by atomic mass is 9.68. The second kappa shape index (κ2) is 9.21. The molecule has 0 bridgehead atoms. The van der Waals surface area contributed by atoms with E-state index in [1.54, 1.807) is 24.3 Å². The van der Waals surface area contributed by atoms with Crippen LogP contribution in [0.25, 0.3) is 0 Å². The van der Waals surface area contributed by atoms with Crippen molar-refractivity contribution in [3.63, 3.8) is 0 Å². The van der Waals surface area contributed by atoms with Gasteiger partial charge in [0.1, 0.15) is 17.6 Å². The Labute approximate surface area is 201 Å². The quantitative estimate of drug-likeness (QED) is 0.477. The largest absolute Gasteiger partial charge is 0.406 e. The Morgan fingerprint density at radius 3 is 1.85 bits per heavy atom. The topological polar surface area (TPSA) is 87.0 Å². The molecule has 0 heterocycles. The third-order valence-electron chi connectivity index (χ3n) is 7.09. The van der Waals surface area contributed by atoms with Crippen molar-refractivity contribution < 1.29 is 24.5 Å². The molecule has 0 radical (unpaired) electrons. The monoisotopic (exact) mass is 476 g/mol. The molecular weight excluding hydrogens is 444 g/mol. The van der Waals surface area contributed by atoms with Crippen LogP contribution in [0, 0.1) is 5.41 Å². The molecule has 34 heavy (non-hydrogen) atoms. The lowest BCUT2D eigenvalue weighted by Gasteiger charge is -2.47. The first-order valence-electron chi connectivity index (χ1n) is 11.5. The summed E-state index contributed by atoms with van der Waals surface area (Å²) in [7, 11) is -3.03. The maximum absolute atomic E-state index is 13.7. The fourth-order valence-electron chi connectivity index (χ4n) is 5.20. The maximum Gasteiger partial charge on any atom is 0.261 e. The molecule has 3 aromatic carbocycles. The SMILES string of the molecule is CC(C)(C)[Si](OC[C@]1(CO)C(=O)c2ccccc2[C@@H](O)[C@H]1O)(c1ccccc1)c1ccccc1. The number of aliphatic hydroxyl groups is 3. The third kappa shape index (κ3) is 3.76. The molecule has 178 valence electrons. The summed E-state index contributed by atoms with van der Waals surface area (Å²) in [6.45, 7) is 5.50. The summed E-state index contributed by atoms with van der Waals surface area (Å²) < 4.78 is 6.89. The van der Waals surface area contributed by atoms with E-state index in [-0.39, 0.29) is 11.6 Å². The van der Waals surface area contributed by atoms with Crippen LogP contribution in [-0.2, 0) is 4.43 Å². The second-order valence-electron chi connectivity index (χ2n) is 10.1. The van der Waals surface area contributed by atoms with Gasteiger partial charge in [0.25, 0.3) is 8.32 Å². The first-order valence-corrected chi connectivity index (χ1v) is 13.5.